The summed E-state index contributed by atoms with van der Waals surface area (Å²) in [5, 5.41) is 5.13. The van der Waals surface area contributed by atoms with Gasteiger partial charge in [0.05, 0.1) is 22.1 Å². The number of para-hydroxylation sites is 1. The van der Waals surface area contributed by atoms with Crippen LogP contribution in [0.4, 0.5) is 0 Å². The predicted octanol–water partition coefficient (Wildman–Crippen LogP) is 9.44. The van der Waals surface area contributed by atoms with Gasteiger partial charge in [0.25, 0.3) is 6.71 Å². The number of hydrogen-bond donors (Lipinski definition) is 0. The Labute approximate surface area is 350 Å². The first-order valence-electron chi connectivity index (χ1n) is 20.8. The third kappa shape index (κ3) is 3.95. The number of fused-ring (bicyclic) bond motifs is 16. The summed E-state index contributed by atoms with van der Waals surface area (Å²) in [7, 11) is 0. The molecule has 3 nitrogen and oxygen atoms in total. The van der Waals surface area contributed by atoms with Crippen molar-refractivity contribution in [2.75, 3.05) is 0 Å². The first-order valence-corrected chi connectivity index (χ1v) is 21.6. The Balaban J connectivity index is 1.07. The average molecular weight is 777 g/mol. The molecule has 0 radical (unpaired) electrons. The van der Waals surface area contributed by atoms with E-state index in [0.29, 0.717) is 0 Å². The Hall–Kier alpha value is -7.14. The van der Waals surface area contributed by atoms with Crippen LogP contribution in [0.1, 0.15) is 0 Å². The van der Waals surface area contributed by atoms with Crippen molar-refractivity contribution in [1.82, 2.24) is 9.13 Å². The van der Waals surface area contributed by atoms with Crippen LogP contribution in [0.25, 0.3) is 77.2 Å². The first kappa shape index (κ1) is 31.8. The summed E-state index contributed by atoms with van der Waals surface area (Å²) < 4.78 is 11.9. The second kappa shape index (κ2) is 11.3. The highest BCUT2D eigenvalue weighted by Gasteiger charge is 2.42. The molecule has 0 aliphatic carbocycles. The lowest BCUT2D eigenvalue weighted by atomic mass is 9.34. The van der Waals surface area contributed by atoms with Crippen LogP contribution in [-0.2, 0) is 0 Å². The zero-order valence-electron chi connectivity index (χ0n) is 32.2. The molecule has 60 heavy (non-hydrogen) atoms. The Kier molecular flexibility index (Phi) is 6.00. The molecule has 6 heteroatoms. The Morgan fingerprint density at radius 2 is 0.933 bits per heavy atom. The maximum absolute atomic E-state index is 6.77. The second-order valence-corrected chi connectivity index (χ2v) is 17.8. The monoisotopic (exact) mass is 776 g/mol. The Bertz CT molecular complexity index is 3500. The fraction of sp³-hybridized carbons (Fsp3) is 0. The molecule has 0 saturated carbocycles. The molecule has 0 fully saturated rings. The predicted molar refractivity (Wildman–Crippen MR) is 252 cm³/mol. The maximum Gasteiger partial charge on any atom is 0.256 e. The molecule has 6 heterocycles. The third-order valence-corrected chi connectivity index (χ3v) is 15.0. The topological polar surface area (TPSA) is 19.1 Å². The number of rotatable bonds is 2. The molecule has 4 aliphatic rings. The molecule has 11 aromatic rings. The van der Waals surface area contributed by atoms with E-state index in [1.165, 1.54) is 120 Å². The van der Waals surface area contributed by atoms with Gasteiger partial charge in [-0.3, -0.25) is 0 Å². The normalized spacial score (nSPS) is 13.7. The lowest BCUT2D eigenvalue weighted by molar-refractivity contribution is 0.488. The summed E-state index contributed by atoms with van der Waals surface area (Å²) in [6, 6.07) is 67.8. The van der Waals surface area contributed by atoms with Crippen molar-refractivity contribution >= 4 is 102 Å². The van der Waals surface area contributed by atoms with Crippen LogP contribution in [0.3, 0.4) is 0 Å². The molecule has 0 amide bonds. The van der Waals surface area contributed by atoms with E-state index in [4.69, 9.17) is 4.74 Å². The van der Waals surface area contributed by atoms with E-state index in [1.54, 1.807) is 0 Å². The minimum atomic E-state index is 0.0494. The highest BCUT2D eigenvalue weighted by atomic mass is 32.2. The molecule has 274 valence electrons. The van der Waals surface area contributed by atoms with Gasteiger partial charge >= 0.3 is 0 Å². The molecule has 4 aliphatic heterocycles. The van der Waals surface area contributed by atoms with E-state index < -0.39 is 0 Å². The van der Waals surface area contributed by atoms with Gasteiger partial charge in [-0.05, 0) is 104 Å². The van der Waals surface area contributed by atoms with Crippen molar-refractivity contribution in [3.63, 3.8) is 0 Å². The van der Waals surface area contributed by atoms with Crippen LogP contribution >= 0.6 is 11.8 Å². The fourth-order valence-corrected chi connectivity index (χ4v) is 12.5. The van der Waals surface area contributed by atoms with Crippen molar-refractivity contribution in [2.45, 2.75) is 9.79 Å². The summed E-state index contributed by atoms with van der Waals surface area (Å²) in [6.07, 6.45) is 0. The number of hydrogen-bond acceptors (Lipinski definition) is 2. The largest absolute Gasteiger partial charge is 0.458 e. The van der Waals surface area contributed by atoms with E-state index in [9.17, 15) is 0 Å². The van der Waals surface area contributed by atoms with E-state index in [-0.39, 0.29) is 13.4 Å². The lowest BCUT2D eigenvalue weighted by Crippen LogP contribution is -2.58. The highest BCUT2D eigenvalue weighted by molar-refractivity contribution is 8.00. The highest BCUT2D eigenvalue weighted by Crippen LogP contribution is 2.45. The van der Waals surface area contributed by atoms with Gasteiger partial charge in [0.2, 0.25) is 6.71 Å². The molecular weight excluding hydrogens is 746 g/mol. The second-order valence-electron chi connectivity index (χ2n) is 16.7. The van der Waals surface area contributed by atoms with Gasteiger partial charge in [-0.2, -0.15) is 0 Å². The summed E-state index contributed by atoms with van der Waals surface area (Å²) in [5.41, 5.74) is 20.4. The number of ether oxygens (including phenoxy) is 1. The van der Waals surface area contributed by atoms with E-state index in [0.717, 1.165) is 11.5 Å². The maximum atomic E-state index is 6.77. The molecule has 0 spiro atoms. The first-order chi connectivity index (χ1) is 29.8. The fourth-order valence-electron chi connectivity index (χ4n) is 11.4. The van der Waals surface area contributed by atoms with Crippen molar-refractivity contribution in [3.8, 4) is 45.1 Å². The molecule has 2 aromatic heterocycles. The molecule has 0 bridgehead atoms. The van der Waals surface area contributed by atoms with Gasteiger partial charge in [0, 0.05) is 42.7 Å². The van der Waals surface area contributed by atoms with Crippen LogP contribution in [0.2, 0.25) is 0 Å². The minimum Gasteiger partial charge on any atom is -0.458 e. The standard InChI is InChI=1S/C54H30B2N2OS/c1-3-11-31(12-4-1)33-19-23-43-41(27-33)55-39-15-7-9-17-47(39)59-48-25-21-35-37-29-38-36-22-26-50-52-54(36)58(46(38)30-45(37)57(43)53(35)51(48)55)44-24-20-34(32-13-5-2-6-14-32)28-42(44)56(52)40-16-8-10-18-49(40)60-50/h1-30H. The van der Waals surface area contributed by atoms with Crippen molar-refractivity contribution in [1.29, 1.82) is 0 Å². The molecule has 15 rings (SSSR count). The Morgan fingerprint density at radius 1 is 0.367 bits per heavy atom. The van der Waals surface area contributed by atoms with Gasteiger partial charge in [-0.1, -0.05) is 145 Å². The number of benzene rings is 9. The average Bonchev–Trinajstić information content (AvgIpc) is 3.82. The van der Waals surface area contributed by atoms with Crippen LogP contribution in [0.15, 0.2) is 192 Å². The van der Waals surface area contributed by atoms with Gasteiger partial charge < -0.3 is 13.9 Å². The zero-order chi connectivity index (χ0) is 38.8. The Morgan fingerprint density at radius 3 is 1.62 bits per heavy atom. The molecular formula is C54H30B2N2OS. The summed E-state index contributed by atoms with van der Waals surface area (Å²) in [4.78, 5) is 2.69. The van der Waals surface area contributed by atoms with Gasteiger partial charge in [-0.25, -0.2) is 0 Å². The van der Waals surface area contributed by atoms with Crippen molar-refractivity contribution < 1.29 is 4.74 Å². The quantitative estimate of drug-likeness (QED) is 0.163. The molecule has 9 aromatic carbocycles. The summed E-state index contributed by atoms with van der Waals surface area (Å²) >= 11 is 1.92. The molecule has 0 atom stereocenters. The minimum absolute atomic E-state index is 0.0494. The summed E-state index contributed by atoms with van der Waals surface area (Å²) in [5.74, 6) is 1.88. The number of aromatic nitrogens is 2. The van der Waals surface area contributed by atoms with Crippen molar-refractivity contribution in [3.05, 3.63) is 182 Å². The van der Waals surface area contributed by atoms with E-state index in [2.05, 4.69) is 191 Å². The van der Waals surface area contributed by atoms with Gasteiger partial charge in [-0.15, -0.1) is 0 Å². The molecule has 0 N–H and O–H groups in total. The number of nitrogens with zero attached hydrogens (tertiary/aromatic N) is 2. The molecule has 0 unspecified atom stereocenters. The van der Waals surface area contributed by atoms with Crippen LogP contribution in [-0.4, -0.2) is 22.6 Å². The lowest BCUT2D eigenvalue weighted by Gasteiger charge is -2.33. The van der Waals surface area contributed by atoms with Crippen LogP contribution < -0.4 is 37.5 Å². The van der Waals surface area contributed by atoms with Gasteiger partial charge in [0.1, 0.15) is 11.5 Å². The van der Waals surface area contributed by atoms with E-state index >= 15 is 0 Å². The summed E-state index contributed by atoms with van der Waals surface area (Å²) in [6.45, 7) is 0.191. The third-order valence-electron chi connectivity index (χ3n) is 13.8. The van der Waals surface area contributed by atoms with Crippen LogP contribution in [0, 0.1) is 0 Å². The van der Waals surface area contributed by atoms with Crippen molar-refractivity contribution in [2.24, 2.45) is 0 Å². The smallest absolute Gasteiger partial charge is 0.256 e. The molecule has 0 saturated heterocycles. The van der Waals surface area contributed by atoms with Crippen LogP contribution in [0.5, 0.6) is 11.5 Å². The zero-order valence-corrected chi connectivity index (χ0v) is 33.0. The van der Waals surface area contributed by atoms with E-state index in [1.807, 2.05) is 11.8 Å². The van der Waals surface area contributed by atoms with Gasteiger partial charge in [0.15, 0.2) is 0 Å². The SMILES string of the molecule is c1ccc(-c2ccc3c(c2)B2c4ccccc4Oc4ccc5c6cc7c8ccc9c%10c8n(c7cc6n-3c5c42)-c2ccc(-c3ccccc3)cc2B%10c2ccccc2S9)cc1.